The molecule has 0 saturated carbocycles. The second-order valence-corrected chi connectivity index (χ2v) is 4.72. The summed E-state index contributed by atoms with van der Waals surface area (Å²) in [6.45, 7) is 5.98. The Labute approximate surface area is 124 Å². The number of carbonyl (C=O) groups excluding carboxylic acids is 1. The summed E-state index contributed by atoms with van der Waals surface area (Å²) in [6, 6.07) is 7.66. The zero-order valence-electron chi connectivity index (χ0n) is 12.5. The van der Waals surface area contributed by atoms with Crippen molar-refractivity contribution in [1.29, 1.82) is 0 Å². The zero-order valence-corrected chi connectivity index (χ0v) is 12.5. The van der Waals surface area contributed by atoms with Gasteiger partial charge in [-0.25, -0.2) is 0 Å². The summed E-state index contributed by atoms with van der Waals surface area (Å²) < 4.78 is 6.96. The van der Waals surface area contributed by atoms with Crippen LogP contribution in [0, 0.1) is 6.92 Å². The number of methoxy groups -OCH3 is 1. The molecule has 0 bridgehead atoms. The van der Waals surface area contributed by atoms with Crippen molar-refractivity contribution in [1.82, 2.24) is 15.1 Å². The molecule has 0 saturated heterocycles. The van der Waals surface area contributed by atoms with Crippen LogP contribution in [-0.4, -0.2) is 29.3 Å². The first-order valence-electron chi connectivity index (χ1n) is 6.65. The van der Waals surface area contributed by atoms with E-state index in [1.54, 1.807) is 23.9 Å². The molecule has 2 aromatic rings. The zero-order chi connectivity index (χ0) is 15.4. The molecule has 0 fully saturated rings. The SMILES string of the molecule is C=CCNC(=O)c1cc(-c2ccc(OC)c(C)c2)n(C)n1. The Morgan fingerprint density at radius 2 is 2.24 bits per heavy atom. The van der Waals surface area contributed by atoms with E-state index in [1.165, 1.54) is 0 Å². The van der Waals surface area contributed by atoms with Crippen molar-refractivity contribution in [3.05, 3.63) is 48.2 Å². The van der Waals surface area contributed by atoms with Gasteiger partial charge in [0.2, 0.25) is 0 Å². The van der Waals surface area contributed by atoms with Crippen LogP contribution in [0.15, 0.2) is 36.9 Å². The molecule has 0 aliphatic rings. The average molecular weight is 285 g/mol. The van der Waals surface area contributed by atoms with Crippen molar-refractivity contribution in [2.75, 3.05) is 13.7 Å². The van der Waals surface area contributed by atoms with Crippen molar-refractivity contribution >= 4 is 5.91 Å². The van der Waals surface area contributed by atoms with Gasteiger partial charge in [-0.05, 0) is 36.8 Å². The number of amides is 1. The van der Waals surface area contributed by atoms with E-state index in [0.717, 1.165) is 22.6 Å². The summed E-state index contributed by atoms with van der Waals surface area (Å²) >= 11 is 0. The standard InChI is InChI=1S/C16H19N3O2/c1-5-8-17-16(20)13-10-14(19(3)18-13)12-6-7-15(21-4)11(2)9-12/h5-7,9-10H,1,8H2,2-4H3,(H,17,20). The third kappa shape index (κ3) is 3.13. The fraction of sp³-hybridized carbons (Fsp3) is 0.250. The van der Waals surface area contributed by atoms with Crippen LogP contribution in [0.4, 0.5) is 0 Å². The van der Waals surface area contributed by atoms with E-state index < -0.39 is 0 Å². The van der Waals surface area contributed by atoms with Gasteiger partial charge in [-0.15, -0.1) is 6.58 Å². The molecule has 110 valence electrons. The molecule has 1 aromatic heterocycles. The molecule has 0 aliphatic carbocycles. The maximum Gasteiger partial charge on any atom is 0.272 e. The lowest BCUT2D eigenvalue weighted by Crippen LogP contribution is -2.23. The number of aryl methyl sites for hydroxylation is 2. The quantitative estimate of drug-likeness (QED) is 0.858. The molecule has 1 aromatic carbocycles. The van der Waals surface area contributed by atoms with Gasteiger partial charge in [0.25, 0.3) is 5.91 Å². The lowest BCUT2D eigenvalue weighted by Gasteiger charge is -2.07. The fourth-order valence-corrected chi connectivity index (χ4v) is 2.14. The minimum absolute atomic E-state index is 0.206. The Morgan fingerprint density at radius 1 is 1.48 bits per heavy atom. The minimum Gasteiger partial charge on any atom is -0.496 e. The maximum atomic E-state index is 11.9. The van der Waals surface area contributed by atoms with Crippen molar-refractivity contribution in [3.63, 3.8) is 0 Å². The predicted octanol–water partition coefficient (Wildman–Crippen LogP) is 2.32. The van der Waals surface area contributed by atoms with Gasteiger partial charge in [0.1, 0.15) is 5.75 Å². The largest absolute Gasteiger partial charge is 0.496 e. The molecular formula is C16H19N3O2. The average Bonchev–Trinajstić information content (AvgIpc) is 2.86. The highest BCUT2D eigenvalue weighted by Crippen LogP contribution is 2.26. The normalized spacial score (nSPS) is 10.2. The Hall–Kier alpha value is -2.56. The van der Waals surface area contributed by atoms with Gasteiger partial charge in [-0.1, -0.05) is 6.08 Å². The molecule has 5 heteroatoms. The Morgan fingerprint density at radius 3 is 2.86 bits per heavy atom. The summed E-state index contributed by atoms with van der Waals surface area (Å²) in [4.78, 5) is 11.9. The van der Waals surface area contributed by atoms with Gasteiger partial charge in [-0.3, -0.25) is 9.48 Å². The third-order valence-electron chi connectivity index (χ3n) is 3.21. The second-order valence-electron chi connectivity index (χ2n) is 4.72. The van der Waals surface area contributed by atoms with Gasteiger partial charge < -0.3 is 10.1 Å². The molecule has 1 N–H and O–H groups in total. The van der Waals surface area contributed by atoms with Gasteiger partial charge >= 0.3 is 0 Å². The molecule has 1 heterocycles. The number of hydrogen-bond donors (Lipinski definition) is 1. The van der Waals surface area contributed by atoms with Gasteiger partial charge in [0.05, 0.1) is 12.8 Å². The highest BCUT2D eigenvalue weighted by molar-refractivity contribution is 5.93. The molecule has 0 unspecified atom stereocenters. The predicted molar refractivity (Wildman–Crippen MR) is 82.5 cm³/mol. The first-order valence-corrected chi connectivity index (χ1v) is 6.65. The Kier molecular flexibility index (Phi) is 4.42. The van der Waals surface area contributed by atoms with E-state index in [0.29, 0.717) is 12.2 Å². The summed E-state index contributed by atoms with van der Waals surface area (Å²) in [5, 5.41) is 6.97. The molecule has 0 radical (unpaired) electrons. The van der Waals surface area contributed by atoms with Crippen LogP contribution >= 0.6 is 0 Å². The van der Waals surface area contributed by atoms with Crippen molar-refractivity contribution in [2.45, 2.75) is 6.92 Å². The van der Waals surface area contributed by atoms with Crippen molar-refractivity contribution in [2.24, 2.45) is 7.05 Å². The lowest BCUT2D eigenvalue weighted by molar-refractivity contribution is 0.0952. The number of hydrogen-bond acceptors (Lipinski definition) is 3. The topological polar surface area (TPSA) is 56.1 Å². The lowest BCUT2D eigenvalue weighted by atomic mass is 10.1. The molecular weight excluding hydrogens is 266 g/mol. The van der Waals surface area contributed by atoms with Gasteiger partial charge in [-0.2, -0.15) is 5.10 Å². The molecule has 1 amide bonds. The van der Waals surface area contributed by atoms with Gasteiger partial charge in [0.15, 0.2) is 5.69 Å². The van der Waals surface area contributed by atoms with Gasteiger partial charge in [0, 0.05) is 19.2 Å². The Bertz CT molecular complexity index is 674. The van der Waals surface area contributed by atoms with Crippen molar-refractivity contribution < 1.29 is 9.53 Å². The number of nitrogens with zero attached hydrogens (tertiary/aromatic N) is 2. The van der Waals surface area contributed by atoms with Crippen LogP contribution in [0.2, 0.25) is 0 Å². The second kappa shape index (κ2) is 6.26. The van der Waals surface area contributed by atoms with E-state index in [1.807, 2.05) is 32.2 Å². The number of nitrogens with one attached hydrogen (secondary N) is 1. The summed E-state index contributed by atoms with van der Waals surface area (Å²) in [5.41, 5.74) is 3.30. The monoisotopic (exact) mass is 285 g/mol. The number of ether oxygens (including phenoxy) is 1. The highest BCUT2D eigenvalue weighted by atomic mass is 16.5. The van der Waals surface area contributed by atoms with Crippen molar-refractivity contribution in [3.8, 4) is 17.0 Å². The molecule has 2 rings (SSSR count). The van der Waals surface area contributed by atoms with Crippen LogP contribution in [0.1, 0.15) is 16.1 Å². The van der Waals surface area contributed by atoms with Crippen LogP contribution in [0.25, 0.3) is 11.3 Å². The van der Waals surface area contributed by atoms with E-state index in [2.05, 4.69) is 17.0 Å². The summed E-state index contributed by atoms with van der Waals surface area (Å²) in [5.74, 6) is 0.631. The first-order chi connectivity index (χ1) is 10.1. The molecule has 21 heavy (non-hydrogen) atoms. The molecule has 0 atom stereocenters. The van der Waals surface area contributed by atoms with Crippen LogP contribution in [0.5, 0.6) is 5.75 Å². The van der Waals surface area contributed by atoms with Crippen LogP contribution in [0.3, 0.4) is 0 Å². The van der Waals surface area contributed by atoms with E-state index in [-0.39, 0.29) is 5.91 Å². The number of rotatable bonds is 5. The number of aromatic nitrogens is 2. The Balaban J connectivity index is 2.32. The maximum absolute atomic E-state index is 11.9. The molecule has 0 spiro atoms. The van der Waals surface area contributed by atoms with E-state index in [9.17, 15) is 4.79 Å². The minimum atomic E-state index is -0.206. The van der Waals surface area contributed by atoms with E-state index in [4.69, 9.17) is 4.74 Å². The molecule has 0 aliphatic heterocycles. The van der Waals surface area contributed by atoms with E-state index >= 15 is 0 Å². The number of carbonyl (C=O) groups is 1. The van der Waals surface area contributed by atoms with Crippen LogP contribution in [-0.2, 0) is 7.05 Å². The molecule has 5 nitrogen and oxygen atoms in total. The van der Waals surface area contributed by atoms with Crippen LogP contribution < -0.4 is 10.1 Å². The summed E-state index contributed by atoms with van der Waals surface area (Å²) in [7, 11) is 3.47. The first kappa shape index (κ1) is 14.8. The highest BCUT2D eigenvalue weighted by Gasteiger charge is 2.14. The third-order valence-corrected chi connectivity index (χ3v) is 3.21. The number of benzene rings is 1. The fourth-order valence-electron chi connectivity index (χ4n) is 2.14. The summed E-state index contributed by atoms with van der Waals surface area (Å²) in [6.07, 6.45) is 1.63. The smallest absolute Gasteiger partial charge is 0.272 e.